The fraction of sp³-hybridized carbons (Fsp3) is 0.154. The molecule has 1 atom stereocenters. The molecule has 0 aliphatic heterocycles. The van der Waals surface area contributed by atoms with Gasteiger partial charge in [-0.1, -0.05) is 36.4 Å². The van der Waals surface area contributed by atoms with Gasteiger partial charge >= 0.3 is 0 Å². The van der Waals surface area contributed by atoms with Crippen molar-refractivity contribution < 1.29 is 4.39 Å². The molecular weight excluding hydrogens is 189 g/mol. The van der Waals surface area contributed by atoms with Crippen LogP contribution >= 0.6 is 0 Å². The first-order valence-corrected chi connectivity index (χ1v) is 4.95. The predicted molar refractivity (Wildman–Crippen MR) is 58.2 cm³/mol. The van der Waals surface area contributed by atoms with Gasteiger partial charge in [-0.15, -0.1) is 0 Å². The number of nitrogens with zero attached hydrogens (tertiary/aromatic N) is 1. The summed E-state index contributed by atoms with van der Waals surface area (Å²) in [5.41, 5.74) is 1.50. The van der Waals surface area contributed by atoms with Crippen LogP contribution in [0.25, 0.3) is 0 Å². The van der Waals surface area contributed by atoms with Crippen molar-refractivity contribution in [3.05, 3.63) is 66.0 Å². The van der Waals surface area contributed by atoms with Crippen LogP contribution in [0.5, 0.6) is 0 Å². The lowest BCUT2D eigenvalue weighted by molar-refractivity contribution is 0.340. The molecule has 2 heteroatoms. The molecule has 0 spiro atoms. The molecule has 0 bridgehead atoms. The summed E-state index contributed by atoms with van der Waals surface area (Å²) in [6, 6.07) is 14.7. The molecule has 1 aromatic carbocycles. The first-order valence-electron chi connectivity index (χ1n) is 4.95. The van der Waals surface area contributed by atoms with E-state index < -0.39 is 6.17 Å². The van der Waals surface area contributed by atoms with E-state index in [1.165, 1.54) is 0 Å². The highest BCUT2D eigenvalue weighted by Gasteiger charge is 2.10. The highest BCUT2D eigenvalue weighted by Crippen LogP contribution is 2.20. The molecule has 1 nitrogen and oxygen atoms in total. The van der Waals surface area contributed by atoms with Crippen LogP contribution < -0.4 is 0 Å². The minimum absolute atomic E-state index is 0.338. The highest BCUT2D eigenvalue weighted by molar-refractivity contribution is 5.19. The van der Waals surface area contributed by atoms with E-state index in [4.69, 9.17) is 0 Å². The average molecular weight is 201 g/mol. The zero-order valence-corrected chi connectivity index (χ0v) is 8.31. The second-order valence-corrected chi connectivity index (χ2v) is 3.40. The van der Waals surface area contributed by atoms with Crippen LogP contribution in [0.3, 0.4) is 0 Å². The third-order valence-corrected chi connectivity index (χ3v) is 2.28. The number of aromatic nitrogens is 1. The van der Waals surface area contributed by atoms with Gasteiger partial charge in [0.25, 0.3) is 0 Å². The van der Waals surface area contributed by atoms with Gasteiger partial charge in [-0.3, -0.25) is 4.98 Å². The minimum atomic E-state index is -0.971. The lowest BCUT2D eigenvalue weighted by Crippen LogP contribution is -1.98. The van der Waals surface area contributed by atoms with Gasteiger partial charge in [0.1, 0.15) is 6.17 Å². The predicted octanol–water partition coefficient (Wildman–Crippen LogP) is 3.33. The van der Waals surface area contributed by atoms with Gasteiger partial charge in [0.2, 0.25) is 0 Å². The lowest BCUT2D eigenvalue weighted by Gasteiger charge is -2.07. The van der Waals surface area contributed by atoms with E-state index in [0.717, 1.165) is 5.69 Å². The van der Waals surface area contributed by atoms with Crippen LogP contribution in [0.1, 0.15) is 17.4 Å². The molecule has 0 fully saturated rings. The van der Waals surface area contributed by atoms with Gasteiger partial charge in [-0.05, 0) is 17.7 Å². The van der Waals surface area contributed by atoms with E-state index in [-0.39, 0.29) is 0 Å². The summed E-state index contributed by atoms with van der Waals surface area (Å²) in [5, 5.41) is 0. The lowest BCUT2D eigenvalue weighted by atomic mass is 10.1. The second-order valence-electron chi connectivity index (χ2n) is 3.40. The summed E-state index contributed by atoms with van der Waals surface area (Å²) >= 11 is 0. The number of hydrogen-bond acceptors (Lipinski definition) is 1. The van der Waals surface area contributed by atoms with Crippen LogP contribution in [-0.4, -0.2) is 4.98 Å². The SMILES string of the molecule is FC(Cc1ccccn1)c1ccccc1. The molecule has 0 N–H and O–H groups in total. The van der Waals surface area contributed by atoms with Crippen molar-refractivity contribution in [1.29, 1.82) is 0 Å². The van der Waals surface area contributed by atoms with E-state index in [2.05, 4.69) is 4.98 Å². The topological polar surface area (TPSA) is 12.9 Å². The number of halogens is 1. The largest absolute Gasteiger partial charge is 0.261 e. The Labute approximate surface area is 88.6 Å². The van der Waals surface area contributed by atoms with Gasteiger partial charge in [-0.25, -0.2) is 4.39 Å². The van der Waals surface area contributed by atoms with Crippen LogP contribution in [0.15, 0.2) is 54.7 Å². The molecular formula is C13H12FN. The smallest absolute Gasteiger partial charge is 0.131 e. The number of pyridine rings is 1. The summed E-state index contributed by atoms with van der Waals surface area (Å²) in [7, 11) is 0. The van der Waals surface area contributed by atoms with Crippen LogP contribution in [-0.2, 0) is 6.42 Å². The van der Waals surface area contributed by atoms with E-state index in [1.807, 2.05) is 36.4 Å². The third kappa shape index (κ3) is 2.62. The Morgan fingerprint density at radius 2 is 1.73 bits per heavy atom. The Morgan fingerprint density at radius 1 is 1.00 bits per heavy atom. The summed E-state index contributed by atoms with van der Waals surface area (Å²) in [6.07, 6.45) is 1.05. The maximum Gasteiger partial charge on any atom is 0.131 e. The van der Waals surface area contributed by atoms with E-state index in [1.54, 1.807) is 18.3 Å². The Morgan fingerprint density at radius 3 is 2.40 bits per heavy atom. The maximum atomic E-state index is 13.8. The van der Waals surface area contributed by atoms with Crippen molar-refractivity contribution in [1.82, 2.24) is 4.98 Å². The molecule has 76 valence electrons. The van der Waals surface area contributed by atoms with Crippen molar-refractivity contribution in [3.63, 3.8) is 0 Å². The number of benzene rings is 1. The standard InChI is InChI=1S/C13H12FN/c14-13(11-6-2-1-3-7-11)10-12-8-4-5-9-15-12/h1-9,13H,10H2. The van der Waals surface area contributed by atoms with Gasteiger partial charge < -0.3 is 0 Å². The van der Waals surface area contributed by atoms with Crippen molar-refractivity contribution in [2.75, 3.05) is 0 Å². The van der Waals surface area contributed by atoms with Crippen molar-refractivity contribution in [2.45, 2.75) is 12.6 Å². The van der Waals surface area contributed by atoms with Crippen molar-refractivity contribution >= 4 is 0 Å². The van der Waals surface area contributed by atoms with Crippen molar-refractivity contribution in [3.8, 4) is 0 Å². The molecule has 0 saturated heterocycles. The third-order valence-electron chi connectivity index (χ3n) is 2.28. The minimum Gasteiger partial charge on any atom is -0.261 e. The average Bonchev–Trinajstić information content (AvgIpc) is 2.31. The number of rotatable bonds is 3. The fourth-order valence-corrected chi connectivity index (χ4v) is 1.48. The van der Waals surface area contributed by atoms with E-state index in [0.29, 0.717) is 12.0 Å². The van der Waals surface area contributed by atoms with Gasteiger partial charge in [0, 0.05) is 18.3 Å². The van der Waals surface area contributed by atoms with Crippen LogP contribution in [0.4, 0.5) is 4.39 Å². The Bertz CT molecular complexity index is 399. The molecule has 2 rings (SSSR count). The Hall–Kier alpha value is -1.70. The fourth-order valence-electron chi connectivity index (χ4n) is 1.48. The monoisotopic (exact) mass is 201 g/mol. The van der Waals surface area contributed by atoms with Gasteiger partial charge in [0.05, 0.1) is 0 Å². The van der Waals surface area contributed by atoms with E-state index in [9.17, 15) is 4.39 Å². The molecule has 0 amide bonds. The molecule has 15 heavy (non-hydrogen) atoms. The van der Waals surface area contributed by atoms with Crippen molar-refractivity contribution in [2.24, 2.45) is 0 Å². The molecule has 1 aromatic heterocycles. The second kappa shape index (κ2) is 4.69. The summed E-state index contributed by atoms with van der Waals surface area (Å²) in [5.74, 6) is 0. The van der Waals surface area contributed by atoms with Crippen LogP contribution in [0, 0.1) is 0 Å². The first kappa shape index (κ1) is 9.84. The molecule has 1 unspecified atom stereocenters. The van der Waals surface area contributed by atoms with Crippen LogP contribution in [0.2, 0.25) is 0 Å². The Balaban J connectivity index is 2.08. The molecule has 2 aromatic rings. The zero-order chi connectivity index (χ0) is 10.5. The maximum absolute atomic E-state index is 13.8. The quantitative estimate of drug-likeness (QED) is 0.742. The summed E-state index contributed by atoms with van der Waals surface area (Å²) < 4.78 is 13.8. The molecule has 0 aliphatic carbocycles. The number of alkyl halides is 1. The molecule has 1 heterocycles. The number of hydrogen-bond donors (Lipinski definition) is 0. The first-order chi connectivity index (χ1) is 7.36. The van der Waals surface area contributed by atoms with Gasteiger partial charge in [-0.2, -0.15) is 0 Å². The van der Waals surface area contributed by atoms with E-state index >= 15 is 0 Å². The highest BCUT2D eigenvalue weighted by atomic mass is 19.1. The normalized spacial score (nSPS) is 12.3. The molecule has 0 saturated carbocycles. The Kier molecular flexibility index (Phi) is 3.08. The zero-order valence-electron chi connectivity index (χ0n) is 8.31. The molecule has 0 aliphatic rings. The summed E-state index contributed by atoms with van der Waals surface area (Å²) in [6.45, 7) is 0. The summed E-state index contributed by atoms with van der Waals surface area (Å²) in [4.78, 5) is 4.10. The molecule has 0 radical (unpaired) electrons. The van der Waals surface area contributed by atoms with Gasteiger partial charge in [0.15, 0.2) is 0 Å².